The average Bonchev–Trinajstić information content (AvgIpc) is 2.87. The predicted octanol–water partition coefficient (Wildman–Crippen LogP) is 2.84. The summed E-state index contributed by atoms with van der Waals surface area (Å²) >= 11 is 2.95. The molecule has 0 aliphatic heterocycles. The number of hydrogen-bond acceptors (Lipinski definition) is 5. The van der Waals surface area contributed by atoms with Crippen LogP contribution in [0.2, 0.25) is 0 Å². The van der Waals surface area contributed by atoms with Crippen molar-refractivity contribution >= 4 is 28.6 Å². The number of rotatable bonds is 5. The van der Waals surface area contributed by atoms with Crippen molar-refractivity contribution in [3.63, 3.8) is 0 Å². The van der Waals surface area contributed by atoms with Crippen LogP contribution >= 0.6 is 22.7 Å². The van der Waals surface area contributed by atoms with Crippen molar-refractivity contribution in [3.05, 3.63) is 38.0 Å². The summed E-state index contributed by atoms with van der Waals surface area (Å²) in [7, 11) is 1.98. The largest absolute Gasteiger partial charge is 0.477 e. The minimum Gasteiger partial charge on any atom is -0.477 e. The Balaban J connectivity index is 2.00. The fraction of sp³-hybridized carbons (Fsp3) is 0.333. The topological polar surface area (TPSA) is 53.4 Å². The SMILES string of the molecule is Cc1ncc(CN(C)Cc2ccsc2C(=O)O)s1. The molecule has 0 aromatic carbocycles. The number of aromatic carboxylic acids is 1. The summed E-state index contributed by atoms with van der Waals surface area (Å²) < 4.78 is 0. The summed E-state index contributed by atoms with van der Waals surface area (Å²) in [5, 5.41) is 11.9. The second-order valence-corrected chi connectivity index (χ2v) is 6.33. The molecule has 0 bridgehead atoms. The molecule has 0 aliphatic carbocycles. The van der Waals surface area contributed by atoms with Crippen LogP contribution in [0.3, 0.4) is 0 Å². The van der Waals surface area contributed by atoms with Crippen LogP contribution in [0.15, 0.2) is 17.6 Å². The molecule has 6 heteroatoms. The van der Waals surface area contributed by atoms with Gasteiger partial charge in [-0.15, -0.1) is 22.7 Å². The molecule has 0 radical (unpaired) electrons. The summed E-state index contributed by atoms with van der Waals surface area (Å²) in [4.78, 5) is 19.0. The Morgan fingerprint density at radius 2 is 2.28 bits per heavy atom. The third kappa shape index (κ3) is 3.16. The monoisotopic (exact) mass is 282 g/mol. The highest BCUT2D eigenvalue weighted by atomic mass is 32.1. The zero-order valence-corrected chi connectivity index (χ0v) is 11.8. The van der Waals surface area contributed by atoms with E-state index in [1.807, 2.05) is 31.6 Å². The van der Waals surface area contributed by atoms with E-state index in [9.17, 15) is 4.79 Å². The van der Waals surface area contributed by atoms with Crippen LogP contribution in [-0.2, 0) is 13.1 Å². The molecule has 0 saturated carbocycles. The standard InChI is InChI=1S/C12H14N2O2S2/c1-8-13-5-10(18-8)7-14(2)6-9-3-4-17-11(9)12(15)16/h3-5H,6-7H2,1-2H3,(H,15,16). The van der Waals surface area contributed by atoms with E-state index in [0.717, 1.165) is 17.1 Å². The first-order valence-electron chi connectivity index (χ1n) is 5.46. The van der Waals surface area contributed by atoms with Gasteiger partial charge < -0.3 is 5.11 Å². The molecule has 0 aliphatic rings. The molecule has 0 spiro atoms. The van der Waals surface area contributed by atoms with Crippen molar-refractivity contribution in [2.45, 2.75) is 20.0 Å². The maximum atomic E-state index is 11.0. The molecule has 4 nitrogen and oxygen atoms in total. The van der Waals surface area contributed by atoms with Gasteiger partial charge in [0, 0.05) is 24.2 Å². The number of aryl methyl sites for hydroxylation is 1. The Morgan fingerprint density at radius 3 is 2.89 bits per heavy atom. The van der Waals surface area contributed by atoms with Gasteiger partial charge in [-0.05, 0) is 31.0 Å². The quantitative estimate of drug-likeness (QED) is 0.916. The number of aromatic nitrogens is 1. The molecule has 0 atom stereocenters. The van der Waals surface area contributed by atoms with Crippen LogP contribution in [0.25, 0.3) is 0 Å². The number of carboxylic acids is 1. The number of hydrogen-bond donors (Lipinski definition) is 1. The van der Waals surface area contributed by atoms with Crippen molar-refractivity contribution < 1.29 is 9.90 Å². The fourth-order valence-corrected chi connectivity index (χ4v) is 3.37. The molecule has 2 aromatic rings. The number of nitrogens with zero attached hydrogens (tertiary/aromatic N) is 2. The zero-order valence-electron chi connectivity index (χ0n) is 10.2. The van der Waals surface area contributed by atoms with Crippen LogP contribution in [0.4, 0.5) is 0 Å². The Hall–Kier alpha value is -1.24. The lowest BCUT2D eigenvalue weighted by molar-refractivity contribution is 0.0700. The molecule has 0 amide bonds. The highest BCUT2D eigenvalue weighted by Crippen LogP contribution is 2.20. The first-order valence-corrected chi connectivity index (χ1v) is 7.15. The van der Waals surface area contributed by atoms with Gasteiger partial charge in [-0.2, -0.15) is 0 Å². The Bertz CT molecular complexity index is 548. The van der Waals surface area contributed by atoms with E-state index in [1.54, 1.807) is 11.3 Å². The summed E-state index contributed by atoms with van der Waals surface area (Å²) in [6, 6.07) is 1.88. The molecule has 1 N–H and O–H groups in total. The lowest BCUT2D eigenvalue weighted by Crippen LogP contribution is -2.17. The van der Waals surface area contributed by atoms with E-state index in [0.29, 0.717) is 11.4 Å². The number of thiophene rings is 1. The Kier molecular flexibility index (Phi) is 4.11. The van der Waals surface area contributed by atoms with E-state index in [-0.39, 0.29) is 0 Å². The lowest BCUT2D eigenvalue weighted by Gasteiger charge is -2.14. The van der Waals surface area contributed by atoms with Gasteiger partial charge in [0.2, 0.25) is 0 Å². The van der Waals surface area contributed by atoms with E-state index < -0.39 is 5.97 Å². The summed E-state index contributed by atoms with van der Waals surface area (Å²) in [6.45, 7) is 3.41. The maximum Gasteiger partial charge on any atom is 0.346 e. The van der Waals surface area contributed by atoms with Crippen molar-refractivity contribution in [1.82, 2.24) is 9.88 Å². The summed E-state index contributed by atoms with van der Waals surface area (Å²) in [6.07, 6.45) is 1.88. The molecule has 18 heavy (non-hydrogen) atoms. The smallest absolute Gasteiger partial charge is 0.346 e. The molecule has 2 rings (SSSR count). The Labute approximate surface area is 114 Å². The van der Waals surface area contributed by atoms with Crippen LogP contribution in [0, 0.1) is 6.92 Å². The second-order valence-electron chi connectivity index (χ2n) is 4.10. The first-order chi connectivity index (χ1) is 8.56. The van der Waals surface area contributed by atoms with Crippen molar-refractivity contribution in [2.24, 2.45) is 0 Å². The van der Waals surface area contributed by atoms with Gasteiger partial charge >= 0.3 is 5.97 Å². The highest BCUT2D eigenvalue weighted by Gasteiger charge is 2.13. The van der Waals surface area contributed by atoms with Gasteiger partial charge in [0.15, 0.2) is 0 Å². The van der Waals surface area contributed by atoms with Gasteiger partial charge in [0.1, 0.15) is 4.88 Å². The molecule has 0 unspecified atom stereocenters. The normalized spacial score (nSPS) is 11.1. The number of thiazole rings is 1. The molecule has 0 fully saturated rings. The van der Waals surface area contributed by atoms with E-state index in [4.69, 9.17) is 5.11 Å². The maximum absolute atomic E-state index is 11.0. The van der Waals surface area contributed by atoms with Crippen LogP contribution in [-0.4, -0.2) is 28.0 Å². The molecular formula is C12H14N2O2S2. The number of carbonyl (C=O) groups is 1. The van der Waals surface area contributed by atoms with Gasteiger partial charge in [-0.1, -0.05) is 0 Å². The predicted molar refractivity (Wildman–Crippen MR) is 73.3 cm³/mol. The summed E-state index contributed by atoms with van der Waals surface area (Å²) in [5.41, 5.74) is 0.872. The molecular weight excluding hydrogens is 268 g/mol. The third-order valence-electron chi connectivity index (χ3n) is 2.48. The van der Waals surface area contributed by atoms with Crippen molar-refractivity contribution in [1.29, 1.82) is 0 Å². The molecule has 0 saturated heterocycles. The van der Waals surface area contributed by atoms with E-state index >= 15 is 0 Å². The van der Waals surface area contributed by atoms with Gasteiger partial charge in [-0.25, -0.2) is 9.78 Å². The van der Waals surface area contributed by atoms with Crippen LogP contribution in [0.5, 0.6) is 0 Å². The van der Waals surface area contributed by atoms with Gasteiger partial charge in [0.05, 0.1) is 5.01 Å². The molecule has 2 aromatic heterocycles. The zero-order chi connectivity index (χ0) is 13.1. The third-order valence-corrected chi connectivity index (χ3v) is 4.32. The fourth-order valence-electron chi connectivity index (χ4n) is 1.74. The van der Waals surface area contributed by atoms with Crippen LogP contribution < -0.4 is 0 Å². The minimum atomic E-state index is -0.845. The lowest BCUT2D eigenvalue weighted by atomic mass is 10.2. The Morgan fingerprint density at radius 1 is 1.50 bits per heavy atom. The highest BCUT2D eigenvalue weighted by molar-refractivity contribution is 7.12. The van der Waals surface area contributed by atoms with E-state index in [1.165, 1.54) is 16.2 Å². The average molecular weight is 282 g/mol. The van der Waals surface area contributed by atoms with Gasteiger partial charge in [0.25, 0.3) is 0 Å². The van der Waals surface area contributed by atoms with Crippen LogP contribution in [0.1, 0.15) is 25.1 Å². The minimum absolute atomic E-state index is 0.433. The molecule has 2 heterocycles. The van der Waals surface area contributed by atoms with Crippen molar-refractivity contribution in [3.8, 4) is 0 Å². The van der Waals surface area contributed by atoms with Gasteiger partial charge in [-0.3, -0.25) is 4.90 Å². The number of carboxylic acid groups (broad SMARTS) is 1. The van der Waals surface area contributed by atoms with E-state index in [2.05, 4.69) is 9.88 Å². The second kappa shape index (κ2) is 5.60. The van der Waals surface area contributed by atoms with Crippen molar-refractivity contribution in [2.75, 3.05) is 7.05 Å². The summed E-state index contributed by atoms with van der Waals surface area (Å²) in [5.74, 6) is -0.845. The molecule has 96 valence electrons. The first kappa shape index (κ1) is 13.2.